The van der Waals surface area contributed by atoms with Gasteiger partial charge in [-0.2, -0.15) is 0 Å². The highest BCUT2D eigenvalue weighted by Gasteiger charge is 2.06. The maximum Gasteiger partial charge on any atom is 0.132 e. The summed E-state index contributed by atoms with van der Waals surface area (Å²) in [5.74, 6) is 0.830. The molecule has 0 saturated heterocycles. The van der Waals surface area contributed by atoms with Crippen LogP contribution in [-0.4, -0.2) is 19.5 Å². The first kappa shape index (κ1) is 10.6. The number of carbonyl (C=O) groups is 1. The van der Waals surface area contributed by atoms with Gasteiger partial charge in [-0.3, -0.25) is 4.79 Å². The van der Waals surface area contributed by atoms with Gasteiger partial charge in [-0.05, 0) is 12.3 Å². The molecule has 0 aliphatic heterocycles. The zero-order chi connectivity index (χ0) is 8.69. The van der Waals surface area contributed by atoms with E-state index in [0.29, 0.717) is 24.5 Å². The zero-order valence-electron chi connectivity index (χ0n) is 7.72. The summed E-state index contributed by atoms with van der Waals surface area (Å²) in [5, 5.41) is 0. The minimum absolute atomic E-state index is 0.355. The van der Waals surface area contributed by atoms with E-state index in [4.69, 9.17) is 4.74 Å². The molecule has 0 bridgehead atoms. The Morgan fingerprint density at radius 1 is 1.55 bits per heavy atom. The Hall–Kier alpha value is -0.370. The Balaban J connectivity index is 3.35. The molecule has 0 rings (SSSR count). The van der Waals surface area contributed by atoms with Gasteiger partial charge in [0.1, 0.15) is 5.78 Å². The van der Waals surface area contributed by atoms with Gasteiger partial charge in [0.25, 0.3) is 0 Å². The Bertz CT molecular complexity index is 110. The lowest BCUT2D eigenvalue weighted by Crippen LogP contribution is -2.06. The summed E-state index contributed by atoms with van der Waals surface area (Å²) in [7, 11) is 1.69. The van der Waals surface area contributed by atoms with Gasteiger partial charge < -0.3 is 4.74 Å². The summed E-state index contributed by atoms with van der Waals surface area (Å²) in [6, 6.07) is 0. The van der Waals surface area contributed by atoms with E-state index in [1.165, 1.54) is 0 Å². The number of ketones is 1. The molecule has 0 amide bonds. The van der Waals surface area contributed by atoms with Crippen LogP contribution in [0.5, 0.6) is 0 Å². The van der Waals surface area contributed by atoms with Crippen LogP contribution >= 0.6 is 0 Å². The van der Waals surface area contributed by atoms with Gasteiger partial charge in [0.15, 0.2) is 0 Å². The first-order chi connectivity index (χ1) is 5.20. The molecule has 0 aromatic heterocycles. The van der Waals surface area contributed by atoms with Crippen molar-refractivity contribution < 1.29 is 9.53 Å². The van der Waals surface area contributed by atoms with Crippen LogP contribution in [-0.2, 0) is 9.53 Å². The van der Waals surface area contributed by atoms with Gasteiger partial charge in [0, 0.05) is 26.6 Å². The fraction of sp³-hybridized carbons (Fsp3) is 0.889. The summed E-state index contributed by atoms with van der Waals surface area (Å²) in [5.41, 5.74) is 0. The predicted molar refractivity (Wildman–Crippen MR) is 45.6 cm³/mol. The maximum atomic E-state index is 10.9. The van der Waals surface area contributed by atoms with Crippen molar-refractivity contribution in [1.29, 1.82) is 0 Å². The molecule has 0 heterocycles. The lowest BCUT2D eigenvalue weighted by Gasteiger charge is -2.07. The minimum atomic E-state index is 0.355. The number of rotatable bonds is 6. The van der Waals surface area contributed by atoms with Gasteiger partial charge in [0.05, 0.1) is 0 Å². The second-order valence-corrected chi connectivity index (χ2v) is 2.98. The van der Waals surface area contributed by atoms with E-state index in [0.717, 1.165) is 13.0 Å². The number of methoxy groups -OCH3 is 1. The fourth-order valence-corrected chi connectivity index (χ4v) is 0.954. The van der Waals surface area contributed by atoms with Crippen LogP contribution in [0.3, 0.4) is 0 Å². The number of hydrogen-bond acceptors (Lipinski definition) is 2. The van der Waals surface area contributed by atoms with Crippen LogP contribution in [0.1, 0.15) is 33.1 Å². The van der Waals surface area contributed by atoms with Crippen molar-refractivity contribution in [2.24, 2.45) is 5.92 Å². The zero-order valence-corrected chi connectivity index (χ0v) is 7.72. The number of hydrogen-bond donors (Lipinski definition) is 0. The molecule has 1 unspecified atom stereocenters. The van der Waals surface area contributed by atoms with E-state index in [-0.39, 0.29) is 0 Å². The van der Waals surface area contributed by atoms with E-state index in [2.05, 4.69) is 6.92 Å². The Morgan fingerprint density at radius 2 is 2.18 bits per heavy atom. The normalized spacial score (nSPS) is 13.0. The molecule has 66 valence electrons. The third kappa shape index (κ3) is 6.05. The van der Waals surface area contributed by atoms with Crippen molar-refractivity contribution >= 4 is 5.78 Å². The Morgan fingerprint density at radius 3 is 2.64 bits per heavy atom. The fourth-order valence-electron chi connectivity index (χ4n) is 0.954. The smallest absolute Gasteiger partial charge is 0.132 e. The van der Waals surface area contributed by atoms with Gasteiger partial charge in [0.2, 0.25) is 0 Å². The van der Waals surface area contributed by atoms with Crippen LogP contribution < -0.4 is 0 Å². The lowest BCUT2D eigenvalue weighted by molar-refractivity contribution is -0.119. The van der Waals surface area contributed by atoms with Crippen molar-refractivity contribution in [2.45, 2.75) is 33.1 Å². The Kier molecular flexibility index (Phi) is 6.13. The number of carbonyl (C=O) groups excluding carboxylic acids is 1. The summed E-state index contributed by atoms with van der Waals surface area (Å²) in [6.07, 6.45) is 2.36. The van der Waals surface area contributed by atoms with Crippen molar-refractivity contribution in [1.82, 2.24) is 0 Å². The van der Waals surface area contributed by atoms with Gasteiger partial charge >= 0.3 is 0 Å². The van der Waals surface area contributed by atoms with E-state index >= 15 is 0 Å². The predicted octanol–water partition coefficient (Wildman–Crippen LogP) is 2.03. The Labute approximate surface area is 68.9 Å². The van der Waals surface area contributed by atoms with E-state index < -0.39 is 0 Å². The molecule has 0 spiro atoms. The van der Waals surface area contributed by atoms with Crippen LogP contribution in [0, 0.1) is 5.92 Å². The molecule has 2 nitrogen and oxygen atoms in total. The monoisotopic (exact) mass is 158 g/mol. The molecule has 2 heteroatoms. The summed E-state index contributed by atoms with van der Waals surface area (Å²) < 4.78 is 4.92. The second-order valence-electron chi connectivity index (χ2n) is 2.98. The third-order valence-corrected chi connectivity index (χ3v) is 1.79. The molecule has 0 aromatic carbocycles. The van der Waals surface area contributed by atoms with Gasteiger partial charge in [-0.25, -0.2) is 0 Å². The largest absolute Gasteiger partial charge is 0.385 e. The average Bonchev–Trinajstić information content (AvgIpc) is 2.00. The van der Waals surface area contributed by atoms with Crippen LogP contribution in [0.25, 0.3) is 0 Å². The molecular weight excluding hydrogens is 140 g/mol. The second kappa shape index (κ2) is 6.35. The molecule has 0 radical (unpaired) electrons. The molecular formula is C9H18O2. The first-order valence-corrected chi connectivity index (χ1v) is 4.21. The molecule has 11 heavy (non-hydrogen) atoms. The molecule has 0 aliphatic rings. The molecule has 0 saturated carbocycles. The SMILES string of the molecule is CCC(=O)CC(C)CCOC. The highest BCUT2D eigenvalue weighted by molar-refractivity contribution is 5.78. The van der Waals surface area contributed by atoms with Crippen LogP contribution in [0.2, 0.25) is 0 Å². The third-order valence-electron chi connectivity index (χ3n) is 1.79. The minimum Gasteiger partial charge on any atom is -0.385 e. The van der Waals surface area contributed by atoms with Crippen molar-refractivity contribution in [2.75, 3.05) is 13.7 Å². The molecule has 1 atom stereocenters. The van der Waals surface area contributed by atoms with E-state index in [9.17, 15) is 4.79 Å². The number of ether oxygens (including phenoxy) is 1. The highest BCUT2D eigenvalue weighted by Crippen LogP contribution is 2.08. The van der Waals surface area contributed by atoms with Crippen molar-refractivity contribution in [3.63, 3.8) is 0 Å². The van der Waals surface area contributed by atoms with E-state index in [1.807, 2.05) is 6.92 Å². The summed E-state index contributed by atoms with van der Waals surface area (Å²) in [4.78, 5) is 10.9. The molecule has 0 N–H and O–H groups in total. The lowest BCUT2D eigenvalue weighted by atomic mass is 10.0. The van der Waals surface area contributed by atoms with Crippen molar-refractivity contribution in [3.8, 4) is 0 Å². The number of Topliss-reactive ketones (excluding diaryl/α,β-unsaturated/α-hetero) is 1. The van der Waals surface area contributed by atoms with Crippen molar-refractivity contribution in [3.05, 3.63) is 0 Å². The first-order valence-electron chi connectivity index (χ1n) is 4.21. The molecule has 0 aliphatic carbocycles. The molecule has 0 fully saturated rings. The summed E-state index contributed by atoms with van der Waals surface area (Å²) in [6.45, 7) is 4.76. The van der Waals surface area contributed by atoms with E-state index in [1.54, 1.807) is 7.11 Å². The average molecular weight is 158 g/mol. The van der Waals surface area contributed by atoms with Gasteiger partial charge in [-0.1, -0.05) is 13.8 Å². The highest BCUT2D eigenvalue weighted by atomic mass is 16.5. The van der Waals surface area contributed by atoms with Gasteiger partial charge in [-0.15, -0.1) is 0 Å². The standard InChI is InChI=1S/C9H18O2/c1-4-9(10)7-8(2)5-6-11-3/h8H,4-7H2,1-3H3. The quantitative estimate of drug-likeness (QED) is 0.591. The van der Waals surface area contributed by atoms with Crippen LogP contribution in [0.15, 0.2) is 0 Å². The summed E-state index contributed by atoms with van der Waals surface area (Å²) >= 11 is 0. The molecule has 0 aromatic rings. The topological polar surface area (TPSA) is 26.3 Å². The van der Waals surface area contributed by atoms with Crippen LogP contribution in [0.4, 0.5) is 0 Å². The maximum absolute atomic E-state index is 10.9.